The van der Waals surface area contributed by atoms with Crippen LogP contribution in [0.2, 0.25) is 0 Å². The number of methoxy groups -OCH3 is 1. The van der Waals surface area contributed by atoms with Crippen LogP contribution in [0.3, 0.4) is 0 Å². The number of aliphatic carboxylic acids is 2. The number of carboxylic acid groups (broad SMARTS) is 2. The number of carbonyl (C=O) groups excluding carboxylic acids is 3. The van der Waals surface area contributed by atoms with E-state index in [9.17, 15) is 40.8 Å². The number of nitrogens with one attached hydrogen (secondary N) is 3. The summed E-state index contributed by atoms with van der Waals surface area (Å²) in [5, 5.41) is 22.1. The van der Waals surface area contributed by atoms with Gasteiger partial charge in [0.15, 0.2) is 6.10 Å². The van der Waals surface area contributed by atoms with Crippen molar-refractivity contribution in [1.82, 2.24) is 28.4 Å². The van der Waals surface area contributed by atoms with Gasteiger partial charge in [-0.1, -0.05) is 6.92 Å². The van der Waals surface area contributed by atoms with E-state index in [0.29, 0.717) is 81.1 Å². The number of aromatic nitrogens is 2. The number of amides is 1. The van der Waals surface area contributed by atoms with Crippen LogP contribution in [0.1, 0.15) is 65.5 Å². The average molecular weight is 970 g/mol. The molecule has 0 spiro atoms. The third-order valence-electron chi connectivity index (χ3n) is 8.64. The quantitative estimate of drug-likeness (QED) is 0.0617. The zero-order valence-electron chi connectivity index (χ0n) is 35.7. The standard InChI is InChI=1S/C32H51N7O12S4.C4H4O4/c1-7-33-24-19-39(11-8-14-47-6)55(45,46)31-23(24)17-27(52-31)54(43,44)37-29(42)21(2)50-25(40)9-10-26(41)51-22(18-34-32(3,4)5)20-49-30-28(35-53-36-30)38-12-15-48-16-13-38;5-3(6)1-2-4(7)8/h17,21-22,24,33-34H,7-16,18-20H2,1-6H3,(H,37,42);1-2H,(H,5,6)(H,7,8)/b;2-1-/t21-,22-,24-;/m0./s1. The van der Waals surface area contributed by atoms with E-state index >= 15 is 0 Å². The van der Waals surface area contributed by atoms with Gasteiger partial charge in [-0.05, 0) is 46.7 Å². The average Bonchev–Trinajstić information content (AvgIpc) is 3.89. The number of carbonyl (C=O) groups is 5. The molecule has 2 aliphatic heterocycles. The molecular formula is C36H55N7O16S4. The van der Waals surface area contributed by atoms with Crippen molar-refractivity contribution in [3.63, 3.8) is 0 Å². The summed E-state index contributed by atoms with van der Waals surface area (Å²) in [6.07, 6.45) is -1.61. The maximum Gasteiger partial charge on any atom is 0.328 e. The Balaban J connectivity index is 0.00000120. The number of hydrogen-bond acceptors (Lipinski definition) is 21. The molecule has 1 fully saturated rings. The number of thiophene rings is 1. The number of fused-ring (bicyclic) bond motifs is 1. The summed E-state index contributed by atoms with van der Waals surface area (Å²) in [5.41, 5.74) is -0.0183. The maximum atomic E-state index is 13.4. The van der Waals surface area contributed by atoms with Crippen LogP contribution in [0.4, 0.5) is 5.82 Å². The Morgan fingerprint density at radius 3 is 2.27 bits per heavy atom. The summed E-state index contributed by atoms with van der Waals surface area (Å²) in [7, 11) is -7.06. The Kier molecular flexibility index (Phi) is 20.7. The molecule has 0 radical (unpaired) electrons. The van der Waals surface area contributed by atoms with Crippen LogP contribution in [0.15, 0.2) is 26.6 Å². The molecule has 4 rings (SSSR count). The third kappa shape index (κ3) is 17.3. The minimum absolute atomic E-state index is 0.0464. The van der Waals surface area contributed by atoms with E-state index in [-0.39, 0.29) is 52.2 Å². The number of morpholine rings is 1. The van der Waals surface area contributed by atoms with Crippen LogP contribution in [0.25, 0.3) is 0 Å². The number of likely N-dealkylation sites (N-methyl/N-ethyl adjacent to an activating group) is 1. The molecule has 2 aromatic heterocycles. The van der Waals surface area contributed by atoms with E-state index in [1.165, 1.54) is 24.4 Å². The lowest BCUT2D eigenvalue weighted by Gasteiger charge is -2.32. The number of esters is 2. The Morgan fingerprint density at radius 2 is 1.68 bits per heavy atom. The number of anilines is 1. The summed E-state index contributed by atoms with van der Waals surface area (Å²) in [4.78, 5) is 59.5. The summed E-state index contributed by atoms with van der Waals surface area (Å²) >= 11 is 1.53. The van der Waals surface area contributed by atoms with Gasteiger partial charge in [0, 0.05) is 75.7 Å². The number of hydrogen-bond donors (Lipinski definition) is 5. The van der Waals surface area contributed by atoms with E-state index in [4.69, 9.17) is 33.9 Å². The number of rotatable bonds is 22. The van der Waals surface area contributed by atoms with Gasteiger partial charge in [-0.3, -0.25) is 14.4 Å². The zero-order chi connectivity index (χ0) is 47.0. The van der Waals surface area contributed by atoms with Crippen LogP contribution in [0.5, 0.6) is 5.88 Å². The Hall–Kier alpha value is -4.35. The van der Waals surface area contributed by atoms with Crippen LogP contribution in [-0.2, 0) is 63.0 Å². The first kappa shape index (κ1) is 53.0. The molecule has 63 heavy (non-hydrogen) atoms. The maximum absolute atomic E-state index is 13.4. The summed E-state index contributed by atoms with van der Waals surface area (Å²) in [5.74, 6) is -4.45. The smallest absolute Gasteiger partial charge is 0.328 e. The van der Waals surface area contributed by atoms with Crippen molar-refractivity contribution >= 4 is 78.7 Å². The van der Waals surface area contributed by atoms with Gasteiger partial charge >= 0.3 is 23.9 Å². The molecule has 0 saturated carbocycles. The molecule has 23 nitrogen and oxygen atoms in total. The highest BCUT2D eigenvalue weighted by Gasteiger charge is 2.40. The summed E-state index contributed by atoms with van der Waals surface area (Å²) in [6, 6.07) is 0.760. The second kappa shape index (κ2) is 24.6. The fraction of sp³-hybridized carbons (Fsp3) is 0.639. The fourth-order valence-corrected chi connectivity index (χ4v) is 11.1. The molecule has 2 aliphatic rings. The van der Waals surface area contributed by atoms with Crippen LogP contribution in [0, 0.1) is 0 Å². The molecule has 3 atom stereocenters. The Labute approximate surface area is 373 Å². The molecule has 27 heteroatoms. The van der Waals surface area contributed by atoms with Crippen LogP contribution >= 0.6 is 23.1 Å². The van der Waals surface area contributed by atoms with Crippen molar-refractivity contribution in [2.75, 3.05) is 77.7 Å². The molecule has 0 aliphatic carbocycles. The molecule has 4 heterocycles. The SMILES string of the molecule is CCN[C@H]1CN(CCCOC)S(=O)(=O)c2sc(S(=O)(=O)NC(=O)[C@H](C)OC(=O)CCC(=O)O[C@@H](CNC(C)(C)C)COc3nsnc3N3CCOCC3)cc21.O=C(O)/C=C\C(=O)O. The highest BCUT2D eigenvalue weighted by atomic mass is 32.3. The van der Waals surface area contributed by atoms with Gasteiger partial charge in [0.2, 0.25) is 5.82 Å². The molecule has 354 valence electrons. The molecule has 0 bridgehead atoms. The monoisotopic (exact) mass is 969 g/mol. The van der Waals surface area contributed by atoms with E-state index in [0.717, 1.165) is 11.7 Å². The molecule has 1 saturated heterocycles. The predicted octanol–water partition coefficient (Wildman–Crippen LogP) is 0.735. The molecule has 1 amide bonds. The van der Waals surface area contributed by atoms with Gasteiger partial charge in [0.25, 0.3) is 31.8 Å². The summed E-state index contributed by atoms with van der Waals surface area (Å²) in [6.45, 7) is 12.5. The zero-order valence-corrected chi connectivity index (χ0v) is 39.0. The number of carboxylic acids is 2. The first-order chi connectivity index (χ1) is 29.6. The van der Waals surface area contributed by atoms with Gasteiger partial charge in [-0.15, -0.1) is 15.7 Å². The number of sulfonamides is 2. The van der Waals surface area contributed by atoms with E-state index < -0.39 is 74.5 Å². The lowest BCUT2D eigenvalue weighted by Crippen LogP contribution is -2.44. The highest BCUT2D eigenvalue weighted by molar-refractivity contribution is 7.94. The van der Waals surface area contributed by atoms with Gasteiger partial charge in [0.05, 0.1) is 37.8 Å². The second-order valence-corrected chi connectivity index (χ2v) is 20.4. The highest BCUT2D eigenvalue weighted by Crippen LogP contribution is 2.40. The largest absolute Gasteiger partial charge is 0.478 e. The molecule has 0 aromatic carbocycles. The van der Waals surface area contributed by atoms with Gasteiger partial charge in [-0.25, -0.2) is 31.1 Å². The van der Waals surface area contributed by atoms with Crippen molar-refractivity contribution in [2.45, 2.75) is 86.1 Å². The van der Waals surface area contributed by atoms with Crippen molar-refractivity contribution in [3.8, 4) is 5.88 Å². The summed E-state index contributed by atoms with van der Waals surface area (Å²) < 4.78 is 91.7. The molecular weight excluding hydrogens is 915 g/mol. The van der Waals surface area contributed by atoms with Crippen molar-refractivity contribution in [2.24, 2.45) is 0 Å². The van der Waals surface area contributed by atoms with Crippen molar-refractivity contribution in [1.29, 1.82) is 0 Å². The minimum Gasteiger partial charge on any atom is -0.478 e. The van der Waals surface area contributed by atoms with Crippen LogP contribution in [-0.4, -0.2) is 160 Å². The molecule has 2 aromatic rings. The van der Waals surface area contributed by atoms with Gasteiger partial charge in [-0.2, -0.15) is 8.68 Å². The minimum atomic E-state index is -4.56. The van der Waals surface area contributed by atoms with E-state index in [1.807, 2.05) is 37.3 Å². The lowest BCUT2D eigenvalue weighted by molar-refractivity contribution is -0.158. The number of ether oxygens (including phenoxy) is 5. The van der Waals surface area contributed by atoms with Crippen LogP contribution < -0.4 is 25.0 Å². The van der Waals surface area contributed by atoms with Crippen molar-refractivity contribution < 1.29 is 74.7 Å². The first-order valence-corrected chi connectivity index (χ1v) is 24.0. The van der Waals surface area contributed by atoms with Gasteiger partial charge in [0.1, 0.15) is 21.1 Å². The predicted molar refractivity (Wildman–Crippen MR) is 227 cm³/mol. The third-order valence-corrected chi connectivity index (χ3v) is 14.5. The number of nitrogens with zero attached hydrogens (tertiary/aromatic N) is 4. The first-order valence-electron chi connectivity index (χ1n) is 19.6. The van der Waals surface area contributed by atoms with E-state index in [2.05, 4.69) is 19.4 Å². The fourth-order valence-electron chi connectivity index (χ4n) is 5.61. The normalized spacial score (nSPS) is 17.4. The van der Waals surface area contributed by atoms with E-state index in [1.54, 1.807) is 0 Å². The topological polar surface area (TPSA) is 309 Å². The Morgan fingerprint density at radius 1 is 1.05 bits per heavy atom. The van der Waals surface area contributed by atoms with Crippen molar-refractivity contribution in [3.05, 3.63) is 23.8 Å². The molecule has 5 N–H and O–H groups in total. The lowest BCUT2D eigenvalue weighted by atomic mass is 10.1. The second-order valence-electron chi connectivity index (χ2n) is 14.8. The Bertz CT molecular complexity index is 2100. The van der Waals surface area contributed by atoms with Gasteiger partial charge < -0.3 is 49.4 Å². The molecule has 0 unspecified atom stereocenters.